The zero-order chi connectivity index (χ0) is 22.9. The summed E-state index contributed by atoms with van der Waals surface area (Å²) in [5.74, 6) is 6.37. The highest BCUT2D eigenvalue weighted by Crippen LogP contribution is 2.32. The van der Waals surface area contributed by atoms with Crippen LogP contribution in [-0.4, -0.2) is 0 Å². The maximum atomic E-state index is 2.56. The third-order valence-corrected chi connectivity index (χ3v) is 7.88. The van der Waals surface area contributed by atoms with Crippen molar-refractivity contribution in [2.75, 3.05) is 0 Å². The lowest BCUT2D eigenvalue weighted by molar-refractivity contribution is 0.247. The first-order valence-electron chi connectivity index (χ1n) is 14.1. The average molecular weight is 423 g/mol. The van der Waals surface area contributed by atoms with Gasteiger partial charge in [-0.3, -0.25) is 0 Å². The molecule has 0 bridgehead atoms. The van der Waals surface area contributed by atoms with E-state index in [4.69, 9.17) is 0 Å². The summed E-state index contributed by atoms with van der Waals surface area (Å²) in [6.07, 6.45) is 20.1. The van der Waals surface area contributed by atoms with Crippen LogP contribution in [0.1, 0.15) is 152 Å². The van der Waals surface area contributed by atoms with E-state index < -0.39 is 0 Å². The standard InChI is InChI=1S/C30H62/c1-10-26(6)20-22-30(29(9)19-12-15-25(4)5)23-21-28(8)18-13-17-27(7)16-11-14-24(2)3/h24-30H,10-23H2,1-9H3. The van der Waals surface area contributed by atoms with Crippen molar-refractivity contribution in [3.05, 3.63) is 0 Å². The quantitative estimate of drug-likeness (QED) is 0.183. The van der Waals surface area contributed by atoms with Crippen molar-refractivity contribution >= 4 is 0 Å². The van der Waals surface area contributed by atoms with Crippen molar-refractivity contribution in [3.8, 4) is 0 Å². The molecule has 0 radical (unpaired) electrons. The molecule has 0 N–H and O–H groups in total. The van der Waals surface area contributed by atoms with Gasteiger partial charge in [0.25, 0.3) is 0 Å². The van der Waals surface area contributed by atoms with E-state index in [2.05, 4.69) is 62.3 Å². The van der Waals surface area contributed by atoms with Crippen molar-refractivity contribution in [1.29, 1.82) is 0 Å². The molecule has 0 aromatic rings. The lowest BCUT2D eigenvalue weighted by Gasteiger charge is -2.27. The maximum Gasteiger partial charge on any atom is -0.0388 e. The molecule has 5 unspecified atom stereocenters. The summed E-state index contributed by atoms with van der Waals surface area (Å²) in [6, 6.07) is 0. The molecule has 0 aliphatic carbocycles. The Hall–Kier alpha value is 0. The summed E-state index contributed by atoms with van der Waals surface area (Å²) in [7, 11) is 0. The first-order chi connectivity index (χ1) is 14.1. The molecule has 30 heavy (non-hydrogen) atoms. The third kappa shape index (κ3) is 17.7. The van der Waals surface area contributed by atoms with Gasteiger partial charge in [-0.05, 0) is 54.3 Å². The van der Waals surface area contributed by atoms with Gasteiger partial charge in [0, 0.05) is 0 Å². The predicted molar refractivity (Wildman–Crippen MR) is 140 cm³/mol. The fraction of sp³-hybridized carbons (Fsp3) is 1.00. The van der Waals surface area contributed by atoms with Gasteiger partial charge in [0.2, 0.25) is 0 Å². The molecule has 0 aromatic heterocycles. The van der Waals surface area contributed by atoms with Crippen molar-refractivity contribution in [3.63, 3.8) is 0 Å². The van der Waals surface area contributed by atoms with Crippen LogP contribution in [0, 0.1) is 41.4 Å². The van der Waals surface area contributed by atoms with Crippen molar-refractivity contribution in [2.24, 2.45) is 41.4 Å². The van der Waals surface area contributed by atoms with Crippen molar-refractivity contribution < 1.29 is 0 Å². The topological polar surface area (TPSA) is 0 Å². The summed E-state index contributed by atoms with van der Waals surface area (Å²) < 4.78 is 0. The van der Waals surface area contributed by atoms with Gasteiger partial charge in [0.1, 0.15) is 0 Å². The van der Waals surface area contributed by atoms with E-state index in [0.29, 0.717) is 0 Å². The van der Waals surface area contributed by atoms with E-state index in [1.54, 1.807) is 0 Å². The highest BCUT2D eigenvalue weighted by molar-refractivity contribution is 4.71. The Kier molecular flexibility index (Phi) is 18.6. The fourth-order valence-electron chi connectivity index (χ4n) is 4.98. The zero-order valence-electron chi connectivity index (χ0n) is 22.9. The van der Waals surface area contributed by atoms with Crippen LogP contribution in [0.5, 0.6) is 0 Å². The van der Waals surface area contributed by atoms with Gasteiger partial charge in [-0.2, -0.15) is 0 Å². The highest BCUT2D eigenvalue weighted by atomic mass is 14.2. The molecule has 0 amide bonds. The molecule has 0 aliphatic heterocycles. The second-order valence-corrected chi connectivity index (χ2v) is 12.2. The van der Waals surface area contributed by atoms with Gasteiger partial charge in [0.05, 0.1) is 0 Å². The molecule has 0 spiro atoms. The second-order valence-electron chi connectivity index (χ2n) is 12.2. The molecule has 0 rings (SSSR count). The smallest absolute Gasteiger partial charge is 0.0388 e. The second kappa shape index (κ2) is 18.6. The Balaban J connectivity index is 4.25. The Morgan fingerprint density at radius 3 is 1.27 bits per heavy atom. The van der Waals surface area contributed by atoms with Crippen LogP contribution in [-0.2, 0) is 0 Å². The molecule has 182 valence electrons. The summed E-state index contributed by atoms with van der Waals surface area (Å²) in [5, 5.41) is 0. The fourth-order valence-corrected chi connectivity index (χ4v) is 4.98. The molecule has 0 saturated heterocycles. The number of hydrogen-bond donors (Lipinski definition) is 0. The van der Waals surface area contributed by atoms with Crippen molar-refractivity contribution in [1.82, 2.24) is 0 Å². The van der Waals surface area contributed by atoms with Crippen molar-refractivity contribution in [2.45, 2.75) is 152 Å². The van der Waals surface area contributed by atoms with Gasteiger partial charge < -0.3 is 0 Å². The molecule has 5 atom stereocenters. The molecule has 0 aromatic carbocycles. The Morgan fingerprint density at radius 1 is 0.400 bits per heavy atom. The van der Waals surface area contributed by atoms with Crippen LogP contribution in [0.3, 0.4) is 0 Å². The average Bonchev–Trinajstić information content (AvgIpc) is 2.66. The SMILES string of the molecule is CCC(C)CCC(CCC(C)CCCC(C)CCCC(C)C)C(C)CCCC(C)C. The Morgan fingerprint density at radius 2 is 0.800 bits per heavy atom. The monoisotopic (exact) mass is 422 g/mol. The number of rotatable bonds is 20. The molecular formula is C30H62. The predicted octanol–water partition coefficient (Wildman–Crippen LogP) is 10.9. The van der Waals surface area contributed by atoms with Crippen LogP contribution in [0.25, 0.3) is 0 Å². The lowest BCUT2D eigenvalue weighted by atomic mass is 9.79. The molecule has 0 fully saturated rings. The van der Waals surface area contributed by atoms with Gasteiger partial charge >= 0.3 is 0 Å². The maximum absolute atomic E-state index is 2.56. The van der Waals surface area contributed by atoms with Crippen LogP contribution in [0.4, 0.5) is 0 Å². The molecule has 0 nitrogen and oxygen atoms in total. The summed E-state index contributed by atoms with van der Waals surface area (Å²) in [5.41, 5.74) is 0. The summed E-state index contributed by atoms with van der Waals surface area (Å²) in [4.78, 5) is 0. The molecule has 0 saturated carbocycles. The van der Waals surface area contributed by atoms with Crippen LogP contribution >= 0.6 is 0 Å². The first kappa shape index (κ1) is 30.0. The van der Waals surface area contributed by atoms with Gasteiger partial charge in [-0.1, -0.05) is 139 Å². The Labute approximate surface area is 193 Å². The highest BCUT2D eigenvalue weighted by Gasteiger charge is 2.19. The largest absolute Gasteiger partial charge is 0.0651 e. The van der Waals surface area contributed by atoms with E-state index in [9.17, 15) is 0 Å². The zero-order valence-corrected chi connectivity index (χ0v) is 22.9. The lowest BCUT2D eigenvalue weighted by Crippen LogP contribution is -2.15. The molecule has 0 heteroatoms. The minimum atomic E-state index is 0.864. The molecular weight excluding hydrogens is 360 g/mol. The van der Waals surface area contributed by atoms with E-state index >= 15 is 0 Å². The third-order valence-electron chi connectivity index (χ3n) is 7.88. The minimum absolute atomic E-state index is 0.864. The first-order valence-corrected chi connectivity index (χ1v) is 14.1. The molecule has 0 heterocycles. The van der Waals surface area contributed by atoms with Crippen LogP contribution in [0.15, 0.2) is 0 Å². The molecule has 0 aliphatic rings. The minimum Gasteiger partial charge on any atom is -0.0651 e. The van der Waals surface area contributed by atoms with E-state index in [1.807, 2.05) is 0 Å². The van der Waals surface area contributed by atoms with Crippen LogP contribution < -0.4 is 0 Å². The van der Waals surface area contributed by atoms with E-state index in [1.165, 1.54) is 89.9 Å². The summed E-state index contributed by atoms with van der Waals surface area (Å²) in [6.45, 7) is 21.8. The van der Waals surface area contributed by atoms with E-state index in [0.717, 1.165) is 41.4 Å². The summed E-state index contributed by atoms with van der Waals surface area (Å²) >= 11 is 0. The van der Waals surface area contributed by atoms with Gasteiger partial charge in [-0.25, -0.2) is 0 Å². The van der Waals surface area contributed by atoms with Gasteiger partial charge in [-0.15, -0.1) is 0 Å². The van der Waals surface area contributed by atoms with E-state index in [-0.39, 0.29) is 0 Å². The van der Waals surface area contributed by atoms with Gasteiger partial charge in [0.15, 0.2) is 0 Å². The number of hydrogen-bond acceptors (Lipinski definition) is 0. The normalized spacial score (nSPS) is 17.3. The van der Waals surface area contributed by atoms with Crippen LogP contribution in [0.2, 0.25) is 0 Å². The Bertz CT molecular complexity index is 355.